The average molecular weight is 282 g/mol. The summed E-state index contributed by atoms with van der Waals surface area (Å²) >= 11 is 1.67. The molecule has 0 aliphatic carbocycles. The lowest BCUT2D eigenvalue weighted by molar-refractivity contribution is -0.143. The first kappa shape index (κ1) is 16.0. The van der Waals surface area contributed by atoms with Gasteiger partial charge in [0.05, 0.1) is 12.1 Å². The van der Waals surface area contributed by atoms with Gasteiger partial charge in [-0.05, 0) is 44.5 Å². The van der Waals surface area contributed by atoms with Crippen LogP contribution in [0.1, 0.15) is 24.6 Å². The van der Waals surface area contributed by atoms with Crippen LogP contribution in [0.15, 0.2) is 17.2 Å². The molecule has 19 heavy (non-hydrogen) atoms. The Labute approximate surface area is 119 Å². The van der Waals surface area contributed by atoms with Gasteiger partial charge in [0.15, 0.2) is 0 Å². The third-order valence-electron chi connectivity index (χ3n) is 2.67. The Bertz CT molecular complexity index is 404. The molecular weight excluding hydrogens is 260 g/mol. The Morgan fingerprint density at radius 2 is 2.21 bits per heavy atom. The Morgan fingerprint density at radius 1 is 1.47 bits per heavy atom. The van der Waals surface area contributed by atoms with Gasteiger partial charge >= 0.3 is 5.97 Å². The number of nitrogens with zero attached hydrogens (tertiary/aromatic N) is 1. The molecule has 0 aromatic carbocycles. The van der Waals surface area contributed by atoms with E-state index in [1.54, 1.807) is 11.8 Å². The molecule has 5 heteroatoms. The Balaban J connectivity index is 2.49. The SMILES string of the molecule is CCNC(CCSc1cc(C)cc(C)n1)C(=O)OC. The predicted molar refractivity (Wildman–Crippen MR) is 78.5 cm³/mol. The van der Waals surface area contributed by atoms with Crippen molar-refractivity contribution in [3.8, 4) is 0 Å². The number of ether oxygens (including phenoxy) is 1. The molecule has 0 saturated carbocycles. The van der Waals surface area contributed by atoms with Crippen LogP contribution in [-0.4, -0.2) is 36.4 Å². The maximum Gasteiger partial charge on any atom is 0.322 e. The summed E-state index contributed by atoms with van der Waals surface area (Å²) in [5.41, 5.74) is 2.24. The van der Waals surface area contributed by atoms with Gasteiger partial charge in [-0.15, -0.1) is 11.8 Å². The second-order valence-electron chi connectivity index (χ2n) is 4.39. The van der Waals surface area contributed by atoms with Crippen LogP contribution >= 0.6 is 11.8 Å². The molecule has 0 bridgehead atoms. The first-order chi connectivity index (χ1) is 9.06. The molecule has 1 atom stereocenters. The number of likely N-dealkylation sites (N-methyl/N-ethyl adjacent to an activating group) is 1. The number of esters is 1. The van der Waals surface area contributed by atoms with E-state index in [0.717, 1.165) is 29.4 Å². The minimum atomic E-state index is -0.228. The molecule has 0 amide bonds. The van der Waals surface area contributed by atoms with Crippen LogP contribution < -0.4 is 5.32 Å². The fraction of sp³-hybridized carbons (Fsp3) is 0.571. The van der Waals surface area contributed by atoms with E-state index < -0.39 is 0 Å². The van der Waals surface area contributed by atoms with Gasteiger partial charge in [0, 0.05) is 11.4 Å². The molecule has 1 unspecified atom stereocenters. The van der Waals surface area contributed by atoms with Crippen molar-refractivity contribution in [3.63, 3.8) is 0 Å². The minimum Gasteiger partial charge on any atom is -0.468 e. The Hall–Kier alpha value is -1.07. The van der Waals surface area contributed by atoms with Crippen molar-refractivity contribution >= 4 is 17.7 Å². The van der Waals surface area contributed by atoms with Crippen molar-refractivity contribution in [2.24, 2.45) is 0 Å². The van der Waals surface area contributed by atoms with Gasteiger partial charge in [-0.25, -0.2) is 4.98 Å². The van der Waals surface area contributed by atoms with E-state index >= 15 is 0 Å². The zero-order valence-electron chi connectivity index (χ0n) is 12.0. The van der Waals surface area contributed by atoms with Crippen LogP contribution in [0.3, 0.4) is 0 Å². The number of hydrogen-bond donors (Lipinski definition) is 1. The molecule has 0 saturated heterocycles. The molecule has 106 valence electrons. The summed E-state index contributed by atoms with van der Waals surface area (Å²) in [7, 11) is 1.42. The second kappa shape index (κ2) is 8.17. The molecule has 1 rings (SSSR count). The summed E-state index contributed by atoms with van der Waals surface area (Å²) in [5.74, 6) is 0.638. The number of methoxy groups -OCH3 is 1. The maximum absolute atomic E-state index is 11.5. The number of pyridine rings is 1. The quantitative estimate of drug-likeness (QED) is 0.614. The molecule has 0 radical (unpaired) electrons. The molecule has 0 fully saturated rings. The Morgan fingerprint density at radius 3 is 2.79 bits per heavy atom. The molecule has 0 spiro atoms. The van der Waals surface area contributed by atoms with Crippen LogP contribution in [-0.2, 0) is 9.53 Å². The van der Waals surface area contributed by atoms with Crippen LogP contribution in [0.2, 0.25) is 0 Å². The number of thioether (sulfide) groups is 1. The number of carbonyl (C=O) groups excluding carboxylic acids is 1. The number of aromatic nitrogens is 1. The van der Waals surface area contributed by atoms with Crippen LogP contribution in [0.25, 0.3) is 0 Å². The highest BCUT2D eigenvalue weighted by Crippen LogP contribution is 2.19. The van der Waals surface area contributed by atoms with E-state index in [0.29, 0.717) is 0 Å². The van der Waals surface area contributed by atoms with Crippen molar-refractivity contribution in [1.29, 1.82) is 0 Å². The van der Waals surface area contributed by atoms with Gasteiger partial charge in [0.2, 0.25) is 0 Å². The maximum atomic E-state index is 11.5. The van der Waals surface area contributed by atoms with Gasteiger partial charge in [0.25, 0.3) is 0 Å². The minimum absolute atomic E-state index is 0.198. The lowest BCUT2D eigenvalue weighted by atomic mass is 10.2. The summed E-state index contributed by atoms with van der Waals surface area (Å²) in [6.07, 6.45) is 0.736. The molecular formula is C14H22N2O2S. The van der Waals surface area contributed by atoms with Crippen molar-refractivity contribution in [2.45, 2.75) is 38.3 Å². The first-order valence-electron chi connectivity index (χ1n) is 6.46. The number of carbonyl (C=O) groups is 1. The topological polar surface area (TPSA) is 51.2 Å². The fourth-order valence-electron chi connectivity index (χ4n) is 1.85. The average Bonchev–Trinajstić information content (AvgIpc) is 2.35. The lowest BCUT2D eigenvalue weighted by Crippen LogP contribution is -2.37. The van der Waals surface area contributed by atoms with Gasteiger partial charge in [-0.3, -0.25) is 4.79 Å². The lowest BCUT2D eigenvalue weighted by Gasteiger charge is -2.14. The molecule has 0 aliphatic heterocycles. The number of nitrogens with one attached hydrogen (secondary N) is 1. The van der Waals surface area contributed by atoms with Gasteiger partial charge in [0.1, 0.15) is 6.04 Å². The molecule has 1 aromatic heterocycles. The zero-order chi connectivity index (χ0) is 14.3. The highest BCUT2D eigenvalue weighted by Gasteiger charge is 2.17. The highest BCUT2D eigenvalue weighted by atomic mass is 32.2. The van der Waals surface area contributed by atoms with Crippen LogP contribution in [0.5, 0.6) is 0 Å². The standard InChI is InChI=1S/C14H22N2O2S/c1-5-15-12(14(17)18-4)6-7-19-13-9-10(2)8-11(3)16-13/h8-9,12,15H,5-7H2,1-4H3. The third-order valence-corrected chi connectivity index (χ3v) is 3.61. The van der Waals surface area contributed by atoms with E-state index in [-0.39, 0.29) is 12.0 Å². The van der Waals surface area contributed by atoms with E-state index in [1.165, 1.54) is 12.7 Å². The summed E-state index contributed by atoms with van der Waals surface area (Å²) < 4.78 is 4.78. The summed E-state index contributed by atoms with van der Waals surface area (Å²) in [6.45, 7) is 6.79. The third kappa shape index (κ3) is 5.61. The van der Waals surface area contributed by atoms with Gasteiger partial charge in [-0.2, -0.15) is 0 Å². The van der Waals surface area contributed by atoms with Gasteiger partial charge < -0.3 is 10.1 Å². The second-order valence-corrected chi connectivity index (χ2v) is 5.51. The van der Waals surface area contributed by atoms with Crippen LogP contribution in [0.4, 0.5) is 0 Å². The number of aryl methyl sites for hydroxylation is 2. The zero-order valence-corrected chi connectivity index (χ0v) is 12.8. The number of rotatable bonds is 7. The van der Waals surface area contributed by atoms with E-state index in [9.17, 15) is 4.79 Å². The van der Waals surface area contributed by atoms with Crippen molar-refractivity contribution in [1.82, 2.24) is 10.3 Å². The Kier molecular flexibility index (Phi) is 6.87. The predicted octanol–water partition coefficient (Wildman–Crippen LogP) is 2.33. The molecule has 0 aliphatic rings. The van der Waals surface area contributed by atoms with Crippen molar-refractivity contribution in [2.75, 3.05) is 19.4 Å². The van der Waals surface area contributed by atoms with E-state index in [1.807, 2.05) is 13.8 Å². The van der Waals surface area contributed by atoms with E-state index in [4.69, 9.17) is 4.74 Å². The molecule has 1 heterocycles. The van der Waals surface area contributed by atoms with Crippen molar-refractivity contribution < 1.29 is 9.53 Å². The summed E-state index contributed by atoms with van der Waals surface area (Å²) in [5, 5.41) is 4.15. The largest absolute Gasteiger partial charge is 0.468 e. The van der Waals surface area contributed by atoms with Crippen molar-refractivity contribution in [3.05, 3.63) is 23.4 Å². The fourth-order valence-corrected chi connectivity index (χ4v) is 2.89. The molecule has 1 aromatic rings. The molecule has 1 N–H and O–H groups in total. The smallest absolute Gasteiger partial charge is 0.322 e. The summed E-state index contributed by atoms with van der Waals surface area (Å²) in [6, 6.07) is 3.89. The summed E-state index contributed by atoms with van der Waals surface area (Å²) in [4.78, 5) is 16.0. The van der Waals surface area contributed by atoms with E-state index in [2.05, 4.69) is 29.4 Å². The normalized spacial score (nSPS) is 12.2. The first-order valence-corrected chi connectivity index (χ1v) is 7.44. The monoisotopic (exact) mass is 282 g/mol. The van der Waals surface area contributed by atoms with Gasteiger partial charge in [-0.1, -0.05) is 6.92 Å². The molecule has 4 nitrogen and oxygen atoms in total. The number of hydrogen-bond acceptors (Lipinski definition) is 5. The highest BCUT2D eigenvalue weighted by molar-refractivity contribution is 7.99. The van der Waals surface area contributed by atoms with Crippen LogP contribution in [0, 0.1) is 13.8 Å².